The maximum atomic E-state index is 12.1. The van der Waals surface area contributed by atoms with Crippen LogP contribution in [0.1, 0.15) is 29.1 Å². The van der Waals surface area contributed by atoms with Gasteiger partial charge in [0, 0.05) is 49.5 Å². The number of likely N-dealkylation sites (N-methyl/N-ethyl adjacent to an activating group) is 1. The highest BCUT2D eigenvalue weighted by molar-refractivity contribution is 7.09. The van der Waals surface area contributed by atoms with E-state index in [-0.39, 0.29) is 11.9 Å². The summed E-state index contributed by atoms with van der Waals surface area (Å²) in [6, 6.07) is 3.98. The summed E-state index contributed by atoms with van der Waals surface area (Å²) in [4.78, 5) is 22.3. The molecule has 22 heavy (non-hydrogen) atoms. The van der Waals surface area contributed by atoms with Crippen LogP contribution < -0.4 is 5.32 Å². The Hall–Kier alpha value is -1.95. The number of hydrogen-bond donors (Lipinski definition) is 1. The molecule has 0 saturated heterocycles. The first kappa shape index (κ1) is 16.4. The van der Waals surface area contributed by atoms with Gasteiger partial charge in [-0.3, -0.25) is 4.98 Å². The maximum absolute atomic E-state index is 12.1. The third-order valence-electron chi connectivity index (χ3n) is 3.43. The van der Waals surface area contributed by atoms with E-state index >= 15 is 0 Å². The van der Waals surface area contributed by atoms with Crippen molar-refractivity contribution in [1.29, 1.82) is 0 Å². The predicted molar refractivity (Wildman–Crippen MR) is 89.2 cm³/mol. The van der Waals surface area contributed by atoms with Gasteiger partial charge in [0.15, 0.2) is 0 Å². The van der Waals surface area contributed by atoms with E-state index < -0.39 is 0 Å². The van der Waals surface area contributed by atoms with Crippen LogP contribution >= 0.6 is 11.3 Å². The lowest BCUT2D eigenvalue weighted by molar-refractivity contribution is 0.206. The molecule has 2 heterocycles. The molecular weight excluding hydrogens is 296 g/mol. The standard InChI is InChI=1S/C16H22N4OS/c1-12(15-17-8-9-22-15)11-20(3)16(21)18-7-6-14-5-4-13(2)19-10-14/h4-5,8-10,12H,6-7,11H2,1-3H3,(H,18,21)/t12-/m1/s1. The van der Waals surface area contributed by atoms with Crippen molar-refractivity contribution in [3.8, 4) is 0 Å². The first-order valence-electron chi connectivity index (χ1n) is 7.36. The molecule has 2 aromatic rings. The fourth-order valence-electron chi connectivity index (χ4n) is 2.14. The molecule has 6 heteroatoms. The normalized spacial score (nSPS) is 12.0. The van der Waals surface area contributed by atoms with Crippen molar-refractivity contribution in [3.63, 3.8) is 0 Å². The SMILES string of the molecule is Cc1ccc(CCNC(=O)N(C)C[C@@H](C)c2nccs2)cn1. The summed E-state index contributed by atoms with van der Waals surface area (Å²) < 4.78 is 0. The van der Waals surface area contributed by atoms with Crippen LogP contribution in [0.5, 0.6) is 0 Å². The van der Waals surface area contributed by atoms with Gasteiger partial charge in [-0.15, -0.1) is 11.3 Å². The van der Waals surface area contributed by atoms with Crippen molar-refractivity contribution >= 4 is 17.4 Å². The number of urea groups is 1. The van der Waals surface area contributed by atoms with E-state index in [9.17, 15) is 4.79 Å². The second-order valence-corrected chi connectivity index (χ2v) is 6.37. The Morgan fingerprint density at radius 1 is 1.41 bits per heavy atom. The molecule has 0 aliphatic heterocycles. The highest BCUT2D eigenvalue weighted by Crippen LogP contribution is 2.18. The molecular formula is C16H22N4OS. The summed E-state index contributed by atoms with van der Waals surface area (Å²) in [5, 5.41) is 5.96. The Balaban J connectivity index is 1.73. The molecule has 118 valence electrons. The number of carbonyl (C=O) groups is 1. The van der Waals surface area contributed by atoms with Gasteiger partial charge < -0.3 is 10.2 Å². The first-order chi connectivity index (χ1) is 10.6. The summed E-state index contributed by atoms with van der Waals surface area (Å²) >= 11 is 1.62. The molecule has 0 radical (unpaired) electrons. The third kappa shape index (κ3) is 4.80. The minimum Gasteiger partial charge on any atom is -0.338 e. The average molecular weight is 318 g/mol. The Morgan fingerprint density at radius 2 is 2.23 bits per heavy atom. The molecule has 0 aromatic carbocycles. The predicted octanol–water partition coefficient (Wildman–Crippen LogP) is 2.83. The Kier molecular flexibility index (Phi) is 5.89. The molecule has 0 unspecified atom stereocenters. The van der Waals surface area contributed by atoms with Gasteiger partial charge in [0.05, 0.1) is 5.01 Å². The molecule has 0 spiro atoms. The lowest BCUT2D eigenvalue weighted by Gasteiger charge is -2.21. The zero-order valence-electron chi connectivity index (χ0n) is 13.2. The Bertz CT molecular complexity index is 583. The van der Waals surface area contributed by atoms with Crippen LogP contribution in [0.25, 0.3) is 0 Å². The van der Waals surface area contributed by atoms with Gasteiger partial charge in [-0.2, -0.15) is 0 Å². The van der Waals surface area contributed by atoms with Crippen LogP contribution in [0.4, 0.5) is 4.79 Å². The van der Waals surface area contributed by atoms with Crippen LogP contribution in [-0.2, 0) is 6.42 Å². The number of rotatable bonds is 6. The summed E-state index contributed by atoms with van der Waals surface area (Å²) in [7, 11) is 1.81. The Labute approximate surface area is 135 Å². The van der Waals surface area contributed by atoms with Crippen LogP contribution in [0.2, 0.25) is 0 Å². The molecule has 1 atom stereocenters. The molecule has 0 saturated carbocycles. The van der Waals surface area contributed by atoms with Crippen molar-refractivity contribution < 1.29 is 4.79 Å². The van der Waals surface area contributed by atoms with E-state index in [2.05, 4.69) is 22.2 Å². The van der Waals surface area contributed by atoms with Crippen LogP contribution in [0.3, 0.4) is 0 Å². The van der Waals surface area contributed by atoms with Crippen molar-refractivity contribution in [3.05, 3.63) is 46.2 Å². The number of carbonyl (C=O) groups excluding carboxylic acids is 1. The number of thiazole rings is 1. The largest absolute Gasteiger partial charge is 0.338 e. The van der Waals surface area contributed by atoms with Gasteiger partial charge in [0.2, 0.25) is 0 Å². The summed E-state index contributed by atoms with van der Waals surface area (Å²) in [6.45, 7) is 5.32. The second kappa shape index (κ2) is 7.89. The van der Waals surface area contributed by atoms with Crippen molar-refractivity contribution in [2.45, 2.75) is 26.2 Å². The van der Waals surface area contributed by atoms with Gasteiger partial charge in [-0.25, -0.2) is 9.78 Å². The van der Waals surface area contributed by atoms with E-state index in [0.29, 0.717) is 13.1 Å². The van der Waals surface area contributed by atoms with Gasteiger partial charge in [0.1, 0.15) is 0 Å². The molecule has 0 aliphatic carbocycles. The number of aryl methyl sites for hydroxylation is 1. The average Bonchev–Trinajstić information content (AvgIpc) is 3.03. The summed E-state index contributed by atoms with van der Waals surface area (Å²) in [5.41, 5.74) is 2.13. The van der Waals surface area contributed by atoms with E-state index in [1.807, 2.05) is 37.7 Å². The molecule has 0 bridgehead atoms. The number of pyridine rings is 1. The minimum absolute atomic E-state index is 0.0523. The molecule has 0 aliphatic rings. The number of nitrogens with one attached hydrogen (secondary N) is 1. The van der Waals surface area contributed by atoms with E-state index in [4.69, 9.17) is 0 Å². The zero-order chi connectivity index (χ0) is 15.9. The second-order valence-electron chi connectivity index (χ2n) is 5.44. The van der Waals surface area contributed by atoms with Crippen LogP contribution in [0, 0.1) is 6.92 Å². The van der Waals surface area contributed by atoms with Crippen molar-refractivity contribution in [1.82, 2.24) is 20.2 Å². The number of aromatic nitrogens is 2. The molecule has 2 amide bonds. The van der Waals surface area contributed by atoms with E-state index in [1.54, 1.807) is 22.4 Å². The monoisotopic (exact) mass is 318 g/mol. The topological polar surface area (TPSA) is 58.1 Å². The summed E-state index contributed by atoms with van der Waals surface area (Å²) in [5.74, 6) is 0.247. The van der Waals surface area contributed by atoms with Gasteiger partial charge in [-0.05, 0) is 25.0 Å². The van der Waals surface area contributed by atoms with Crippen molar-refractivity contribution in [2.75, 3.05) is 20.1 Å². The first-order valence-corrected chi connectivity index (χ1v) is 8.24. The maximum Gasteiger partial charge on any atom is 0.317 e. The number of hydrogen-bond acceptors (Lipinski definition) is 4. The molecule has 1 N–H and O–H groups in total. The van der Waals surface area contributed by atoms with Crippen LogP contribution in [0.15, 0.2) is 29.9 Å². The quantitative estimate of drug-likeness (QED) is 0.891. The minimum atomic E-state index is -0.0523. The smallest absolute Gasteiger partial charge is 0.317 e. The third-order valence-corrected chi connectivity index (χ3v) is 4.44. The number of nitrogens with zero attached hydrogens (tertiary/aromatic N) is 3. The summed E-state index contributed by atoms with van der Waals surface area (Å²) in [6.07, 6.45) is 4.44. The lowest BCUT2D eigenvalue weighted by Crippen LogP contribution is -2.39. The fourth-order valence-corrected chi connectivity index (χ4v) is 2.83. The van der Waals surface area contributed by atoms with Gasteiger partial charge in [-0.1, -0.05) is 13.0 Å². The Morgan fingerprint density at radius 3 is 2.86 bits per heavy atom. The van der Waals surface area contributed by atoms with Gasteiger partial charge in [0.25, 0.3) is 0 Å². The zero-order valence-corrected chi connectivity index (χ0v) is 14.1. The molecule has 2 rings (SSSR count). The van der Waals surface area contributed by atoms with Gasteiger partial charge >= 0.3 is 6.03 Å². The fraction of sp³-hybridized carbons (Fsp3) is 0.438. The van der Waals surface area contributed by atoms with Crippen molar-refractivity contribution in [2.24, 2.45) is 0 Å². The molecule has 0 fully saturated rings. The molecule has 5 nitrogen and oxygen atoms in total. The number of amides is 2. The van der Waals surface area contributed by atoms with Crippen LogP contribution in [-0.4, -0.2) is 41.0 Å². The molecule has 2 aromatic heterocycles. The lowest BCUT2D eigenvalue weighted by atomic mass is 10.2. The van der Waals surface area contributed by atoms with E-state index in [1.165, 1.54) is 0 Å². The van der Waals surface area contributed by atoms with E-state index in [0.717, 1.165) is 22.7 Å². The highest BCUT2D eigenvalue weighted by atomic mass is 32.1. The highest BCUT2D eigenvalue weighted by Gasteiger charge is 2.15.